The molecule has 0 aromatic heterocycles. The van der Waals surface area contributed by atoms with Crippen LogP contribution in [0.1, 0.15) is 5.56 Å². The van der Waals surface area contributed by atoms with Crippen LogP contribution in [0.4, 0.5) is 8.78 Å². The summed E-state index contributed by atoms with van der Waals surface area (Å²) in [5, 5.41) is 8.76. The number of benzene rings is 1. The number of phenols is 1. The van der Waals surface area contributed by atoms with Gasteiger partial charge in [-0.15, -0.1) is 0 Å². The first-order chi connectivity index (χ1) is 6.07. The van der Waals surface area contributed by atoms with Gasteiger partial charge in [0, 0.05) is 5.56 Å². The third-order valence-electron chi connectivity index (χ3n) is 1.63. The fraction of sp³-hybridized carbons (Fsp3) is 0.250. The van der Waals surface area contributed by atoms with Crippen molar-refractivity contribution >= 4 is 11.6 Å². The minimum atomic E-state index is -0.935. The van der Waals surface area contributed by atoms with Crippen LogP contribution < -0.4 is 5.73 Å². The molecule has 0 spiro atoms. The summed E-state index contributed by atoms with van der Waals surface area (Å²) in [6.45, 7) is 0.115. The second-order valence-electron chi connectivity index (χ2n) is 2.52. The molecule has 0 unspecified atom stereocenters. The summed E-state index contributed by atoms with van der Waals surface area (Å²) in [6.07, 6.45) is 0.0507. The lowest BCUT2D eigenvalue weighted by Gasteiger charge is -2.06. The van der Waals surface area contributed by atoms with Gasteiger partial charge >= 0.3 is 0 Å². The predicted octanol–water partition coefficient (Wildman–Crippen LogP) is 1.82. The molecule has 13 heavy (non-hydrogen) atoms. The van der Waals surface area contributed by atoms with Gasteiger partial charge in [-0.05, 0) is 19.0 Å². The van der Waals surface area contributed by atoms with Crippen LogP contribution in [0.5, 0.6) is 5.75 Å². The summed E-state index contributed by atoms with van der Waals surface area (Å²) in [7, 11) is 0. The Balaban J connectivity index is 3.28. The van der Waals surface area contributed by atoms with Gasteiger partial charge in [0.2, 0.25) is 0 Å². The van der Waals surface area contributed by atoms with Crippen molar-refractivity contribution < 1.29 is 13.9 Å². The highest BCUT2D eigenvalue weighted by atomic mass is 35.5. The van der Waals surface area contributed by atoms with Gasteiger partial charge in [0.25, 0.3) is 0 Å². The summed E-state index contributed by atoms with van der Waals surface area (Å²) >= 11 is 5.36. The fourth-order valence-electron chi connectivity index (χ4n) is 1.01. The van der Waals surface area contributed by atoms with Gasteiger partial charge in [0.15, 0.2) is 11.6 Å². The van der Waals surface area contributed by atoms with Crippen molar-refractivity contribution in [3.8, 4) is 5.75 Å². The molecule has 0 aliphatic rings. The Morgan fingerprint density at radius 3 is 2.62 bits per heavy atom. The van der Waals surface area contributed by atoms with Crippen LogP contribution in [0.3, 0.4) is 0 Å². The van der Waals surface area contributed by atoms with Crippen molar-refractivity contribution in [3.63, 3.8) is 0 Å². The molecule has 0 atom stereocenters. The zero-order valence-electron chi connectivity index (χ0n) is 6.65. The first-order valence-electron chi connectivity index (χ1n) is 3.63. The molecule has 0 fully saturated rings. The van der Waals surface area contributed by atoms with Gasteiger partial charge < -0.3 is 10.8 Å². The van der Waals surface area contributed by atoms with Crippen LogP contribution in [0.25, 0.3) is 0 Å². The van der Waals surface area contributed by atoms with E-state index < -0.39 is 17.4 Å². The highest BCUT2D eigenvalue weighted by Crippen LogP contribution is 2.29. The Kier molecular flexibility index (Phi) is 3.06. The van der Waals surface area contributed by atoms with Gasteiger partial charge in [-0.25, -0.2) is 8.78 Å². The zero-order chi connectivity index (χ0) is 10.0. The van der Waals surface area contributed by atoms with Gasteiger partial charge in [-0.2, -0.15) is 0 Å². The third-order valence-corrected chi connectivity index (χ3v) is 1.91. The Bertz CT molecular complexity index is 304. The number of hydrogen-bond donors (Lipinski definition) is 2. The lowest BCUT2D eigenvalue weighted by Crippen LogP contribution is -2.06. The molecule has 0 bridgehead atoms. The van der Waals surface area contributed by atoms with Gasteiger partial charge in [0.1, 0.15) is 5.82 Å². The lowest BCUT2D eigenvalue weighted by molar-refractivity contribution is 0.418. The summed E-state index contributed by atoms with van der Waals surface area (Å²) in [6, 6.07) is 0.728. The van der Waals surface area contributed by atoms with E-state index in [0.29, 0.717) is 0 Å². The highest BCUT2D eigenvalue weighted by Gasteiger charge is 2.15. The van der Waals surface area contributed by atoms with E-state index in [4.69, 9.17) is 22.4 Å². The Hall–Kier alpha value is -0.870. The van der Waals surface area contributed by atoms with Crippen molar-refractivity contribution in [3.05, 3.63) is 28.3 Å². The molecule has 72 valence electrons. The van der Waals surface area contributed by atoms with Crippen LogP contribution >= 0.6 is 11.6 Å². The lowest BCUT2D eigenvalue weighted by atomic mass is 10.1. The summed E-state index contributed by atoms with van der Waals surface area (Å²) in [5.74, 6) is -2.46. The van der Waals surface area contributed by atoms with E-state index in [1.807, 2.05) is 0 Å². The number of hydrogen-bond acceptors (Lipinski definition) is 2. The van der Waals surface area contributed by atoms with Crippen LogP contribution in [0.2, 0.25) is 5.02 Å². The zero-order valence-corrected chi connectivity index (χ0v) is 7.41. The smallest absolute Gasteiger partial charge is 0.166 e. The van der Waals surface area contributed by atoms with E-state index in [1.54, 1.807) is 0 Å². The molecule has 2 nitrogen and oxygen atoms in total. The summed E-state index contributed by atoms with van der Waals surface area (Å²) < 4.78 is 25.9. The second kappa shape index (κ2) is 3.89. The Labute approximate surface area is 78.9 Å². The van der Waals surface area contributed by atoms with Crippen molar-refractivity contribution in [2.75, 3.05) is 6.54 Å². The largest absolute Gasteiger partial charge is 0.505 e. The molecular formula is C8H8ClF2NO. The van der Waals surface area contributed by atoms with Crippen LogP contribution in [-0.2, 0) is 6.42 Å². The molecular weight excluding hydrogens is 200 g/mol. The normalized spacial score (nSPS) is 10.5. The van der Waals surface area contributed by atoms with Gasteiger partial charge in [-0.1, -0.05) is 11.6 Å². The molecule has 3 N–H and O–H groups in total. The molecule has 0 saturated heterocycles. The first-order valence-corrected chi connectivity index (χ1v) is 4.01. The average molecular weight is 208 g/mol. The van der Waals surface area contributed by atoms with Crippen LogP contribution in [0, 0.1) is 11.6 Å². The molecule has 1 aromatic rings. The Morgan fingerprint density at radius 1 is 1.46 bits per heavy atom. The van der Waals surface area contributed by atoms with E-state index >= 15 is 0 Å². The van der Waals surface area contributed by atoms with Crippen LogP contribution in [-0.4, -0.2) is 11.7 Å². The molecule has 5 heteroatoms. The standard InChI is InChI=1S/C8H8ClF2NO/c9-5-3-6(10)8(13)4(1-2-12)7(5)11/h3,13H,1-2,12H2. The topological polar surface area (TPSA) is 46.2 Å². The molecule has 0 aliphatic carbocycles. The monoisotopic (exact) mass is 207 g/mol. The molecule has 1 aromatic carbocycles. The number of aromatic hydroxyl groups is 1. The van der Waals surface area contributed by atoms with E-state index in [1.165, 1.54) is 0 Å². The number of nitrogens with two attached hydrogens (primary N) is 1. The van der Waals surface area contributed by atoms with Gasteiger partial charge in [0.05, 0.1) is 5.02 Å². The molecule has 0 heterocycles. The predicted molar refractivity (Wildman–Crippen MR) is 45.8 cm³/mol. The Morgan fingerprint density at radius 2 is 2.08 bits per heavy atom. The van der Waals surface area contributed by atoms with Gasteiger partial charge in [-0.3, -0.25) is 0 Å². The molecule has 0 amide bonds. The second-order valence-corrected chi connectivity index (χ2v) is 2.93. The summed E-state index contributed by atoms with van der Waals surface area (Å²) in [4.78, 5) is 0. The minimum Gasteiger partial charge on any atom is -0.505 e. The van der Waals surface area contributed by atoms with Crippen molar-refractivity contribution in [1.82, 2.24) is 0 Å². The molecule has 0 radical (unpaired) electrons. The number of phenolic OH excluding ortho intramolecular Hbond substituents is 1. The summed E-state index contributed by atoms with van der Waals surface area (Å²) in [5.41, 5.74) is 4.98. The van der Waals surface area contributed by atoms with E-state index in [-0.39, 0.29) is 23.6 Å². The minimum absolute atomic E-state index is 0.0507. The average Bonchev–Trinajstić information content (AvgIpc) is 2.09. The van der Waals surface area contributed by atoms with E-state index in [0.717, 1.165) is 6.07 Å². The number of rotatable bonds is 2. The maximum Gasteiger partial charge on any atom is 0.166 e. The molecule has 0 aliphatic heterocycles. The quantitative estimate of drug-likeness (QED) is 0.727. The number of halogens is 3. The molecule has 0 saturated carbocycles. The third kappa shape index (κ3) is 1.89. The van der Waals surface area contributed by atoms with Crippen molar-refractivity contribution in [2.45, 2.75) is 6.42 Å². The van der Waals surface area contributed by atoms with Crippen molar-refractivity contribution in [2.24, 2.45) is 5.73 Å². The van der Waals surface area contributed by atoms with Crippen LogP contribution in [0.15, 0.2) is 6.07 Å². The molecule has 1 rings (SSSR count). The first kappa shape index (κ1) is 10.2. The highest BCUT2D eigenvalue weighted by molar-refractivity contribution is 6.30. The van der Waals surface area contributed by atoms with E-state index in [2.05, 4.69) is 0 Å². The SMILES string of the molecule is NCCc1c(O)c(F)cc(Cl)c1F. The maximum absolute atomic E-state index is 13.1. The fourth-order valence-corrected chi connectivity index (χ4v) is 1.22. The maximum atomic E-state index is 13.1. The van der Waals surface area contributed by atoms with Crippen molar-refractivity contribution in [1.29, 1.82) is 0 Å². The van der Waals surface area contributed by atoms with E-state index in [9.17, 15) is 8.78 Å².